The van der Waals surface area contributed by atoms with Gasteiger partial charge in [0.15, 0.2) is 0 Å². The lowest BCUT2D eigenvalue weighted by Gasteiger charge is -2.09. The van der Waals surface area contributed by atoms with Crippen molar-refractivity contribution in [3.8, 4) is 0 Å². The molecule has 78 valence electrons. The Labute approximate surface area is 90.4 Å². The molecule has 0 aliphatic heterocycles. The standard InChI is InChI=1S/C7H4BrClF3NO/c8-5-1-4(9)2-13(6(5)14)3-7(10,11)12/h1-2H,3H2. The van der Waals surface area contributed by atoms with Gasteiger partial charge in [-0.1, -0.05) is 11.6 Å². The minimum Gasteiger partial charge on any atom is -0.304 e. The summed E-state index contributed by atoms with van der Waals surface area (Å²) in [7, 11) is 0. The molecule has 0 unspecified atom stereocenters. The van der Waals surface area contributed by atoms with Crippen molar-refractivity contribution in [3.05, 3.63) is 32.1 Å². The summed E-state index contributed by atoms with van der Waals surface area (Å²) in [4.78, 5) is 11.2. The highest BCUT2D eigenvalue weighted by Gasteiger charge is 2.28. The van der Waals surface area contributed by atoms with E-state index in [1.54, 1.807) is 0 Å². The van der Waals surface area contributed by atoms with Crippen LogP contribution in [0.5, 0.6) is 0 Å². The Morgan fingerprint density at radius 2 is 2.07 bits per heavy atom. The highest BCUT2D eigenvalue weighted by atomic mass is 79.9. The van der Waals surface area contributed by atoms with E-state index in [1.807, 2.05) is 0 Å². The largest absolute Gasteiger partial charge is 0.406 e. The first-order valence-electron chi connectivity index (χ1n) is 3.42. The molecule has 0 radical (unpaired) electrons. The van der Waals surface area contributed by atoms with Gasteiger partial charge in [0.1, 0.15) is 6.54 Å². The van der Waals surface area contributed by atoms with E-state index >= 15 is 0 Å². The lowest BCUT2D eigenvalue weighted by atomic mass is 10.4. The zero-order valence-electron chi connectivity index (χ0n) is 6.61. The molecule has 0 N–H and O–H groups in total. The minimum absolute atomic E-state index is 0.00856. The summed E-state index contributed by atoms with van der Waals surface area (Å²) in [6.07, 6.45) is -3.49. The Bertz CT molecular complexity index is 401. The van der Waals surface area contributed by atoms with Crippen LogP contribution in [-0.2, 0) is 6.54 Å². The number of hydrogen-bond donors (Lipinski definition) is 0. The van der Waals surface area contributed by atoms with Crippen molar-refractivity contribution < 1.29 is 13.2 Å². The van der Waals surface area contributed by atoms with Crippen molar-refractivity contribution in [2.75, 3.05) is 0 Å². The normalized spacial score (nSPS) is 11.8. The van der Waals surface area contributed by atoms with Gasteiger partial charge in [-0.05, 0) is 22.0 Å². The number of rotatable bonds is 1. The lowest BCUT2D eigenvalue weighted by molar-refractivity contribution is -0.141. The zero-order valence-corrected chi connectivity index (χ0v) is 8.95. The van der Waals surface area contributed by atoms with Crippen LogP contribution in [0.4, 0.5) is 13.2 Å². The Hall–Kier alpha value is -0.490. The summed E-state index contributed by atoms with van der Waals surface area (Å²) in [5.74, 6) is 0. The first kappa shape index (κ1) is 11.6. The average Bonchev–Trinajstić information content (AvgIpc) is 1.96. The Morgan fingerprint density at radius 1 is 1.50 bits per heavy atom. The van der Waals surface area contributed by atoms with E-state index < -0.39 is 18.3 Å². The number of pyridine rings is 1. The fourth-order valence-corrected chi connectivity index (χ4v) is 1.71. The molecule has 0 aliphatic rings. The van der Waals surface area contributed by atoms with Crippen LogP contribution in [0.3, 0.4) is 0 Å². The second kappa shape index (κ2) is 3.94. The van der Waals surface area contributed by atoms with Crippen LogP contribution < -0.4 is 5.56 Å². The summed E-state index contributed by atoms with van der Waals surface area (Å²) in [5.41, 5.74) is -0.758. The fraction of sp³-hybridized carbons (Fsp3) is 0.286. The molecule has 0 spiro atoms. The van der Waals surface area contributed by atoms with Crippen LogP contribution in [0, 0.1) is 0 Å². The molecule has 0 saturated carbocycles. The predicted octanol–water partition coefficient (Wildman–Crippen LogP) is 2.83. The minimum atomic E-state index is -4.44. The number of hydrogen-bond acceptors (Lipinski definition) is 1. The average molecular weight is 290 g/mol. The van der Waals surface area contributed by atoms with Crippen LogP contribution in [0.25, 0.3) is 0 Å². The van der Waals surface area contributed by atoms with Gasteiger partial charge in [-0.15, -0.1) is 0 Å². The molecular formula is C7H4BrClF3NO. The van der Waals surface area contributed by atoms with Crippen molar-refractivity contribution in [1.82, 2.24) is 4.57 Å². The number of alkyl halides is 3. The molecule has 1 aromatic heterocycles. The van der Waals surface area contributed by atoms with Gasteiger partial charge >= 0.3 is 6.18 Å². The zero-order chi connectivity index (χ0) is 10.9. The van der Waals surface area contributed by atoms with E-state index in [0.29, 0.717) is 4.57 Å². The van der Waals surface area contributed by atoms with Gasteiger partial charge in [-0.3, -0.25) is 4.79 Å². The Kier molecular flexibility index (Phi) is 3.26. The van der Waals surface area contributed by atoms with Crippen molar-refractivity contribution in [2.24, 2.45) is 0 Å². The molecule has 0 saturated heterocycles. The molecule has 0 aliphatic carbocycles. The topological polar surface area (TPSA) is 22.0 Å². The first-order valence-corrected chi connectivity index (χ1v) is 4.59. The van der Waals surface area contributed by atoms with Gasteiger partial charge in [-0.25, -0.2) is 0 Å². The molecule has 0 fully saturated rings. The molecule has 0 aromatic carbocycles. The van der Waals surface area contributed by atoms with Crippen molar-refractivity contribution in [1.29, 1.82) is 0 Å². The van der Waals surface area contributed by atoms with Crippen molar-refractivity contribution >= 4 is 27.5 Å². The molecule has 0 amide bonds. The molecule has 1 rings (SSSR count). The summed E-state index contributed by atoms with van der Waals surface area (Å²) >= 11 is 8.31. The summed E-state index contributed by atoms with van der Waals surface area (Å²) in [5, 5.41) is 0.0701. The third kappa shape index (κ3) is 3.02. The van der Waals surface area contributed by atoms with Gasteiger partial charge in [0.25, 0.3) is 5.56 Å². The van der Waals surface area contributed by atoms with Gasteiger partial charge < -0.3 is 4.57 Å². The molecule has 0 bridgehead atoms. The smallest absolute Gasteiger partial charge is 0.304 e. The van der Waals surface area contributed by atoms with Crippen LogP contribution in [0.15, 0.2) is 21.5 Å². The Balaban J connectivity index is 3.16. The first-order chi connectivity index (χ1) is 6.29. The molecular weight excluding hydrogens is 286 g/mol. The van der Waals surface area contributed by atoms with E-state index in [0.717, 1.165) is 6.20 Å². The molecule has 1 heterocycles. The number of aromatic nitrogens is 1. The van der Waals surface area contributed by atoms with Gasteiger partial charge in [0.05, 0.1) is 9.50 Å². The highest BCUT2D eigenvalue weighted by molar-refractivity contribution is 9.10. The fourth-order valence-electron chi connectivity index (χ4n) is 0.875. The molecule has 1 aromatic rings. The highest BCUT2D eigenvalue weighted by Crippen LogP contribution is 2.18. The number of nitrogens with zero attached hydrogens (tertiary/aromatic N) is 1. The number of halogens is 5. The molecule has 14 heavy (non-hydrogen) atoms. The summed E-state index contributed by atoms with van der Waals surface area (Å²) in [6, 6.07) is 1.25. The quantitative estimate of drug-likeness (QED) is 0.779. The van der Waals surface area contributed by atoms with Crippen LogP contribution >= 0.6 is 27.5 Å². The van der Waals surface area contributed by atoms with E-state index in [-0.39, 0.29) is 9.50 Å². The molecule has 2 nitrogen and oxygen atoms in total. The maximum atomic E-state index is 12.0. The summed E-state index contributed by atoms with van der Waals surface area (Å²) < 4.78 is 36.4. The van der Waals surface area contributed by atoms with E-state index in [1.165, 1.54) is 6.07 Å². The van der Waals surface area contributed by atoms with Gasteiger partial charge in [0, 0.05) is 6.20 Å². The third-order valence-corrected chi connectivity index (χ3v) is 2.13. The summed E-state index contributed by atoms with van der Waals surface area (Å²) in [6.45, 7) is -1.34. The second-order valence-corrected chi connectivity index (χ2v) is 3.85. The van der Waals surface area contributed by atoms with E-state index in [2.05, 4.69) is 15.9 Å². The third-order valence-electron chi connectivity index (χ3n) is 1.36. The maximum Gasteiger partial charge on any atom is 0.406 e. The van der Waals surface area contributed by atoms with Crippen molar-refractivity contribution in [3.63, 3.8) is 0 Å². The molecule has 7 heteroatoms. The lowest BCUT2D eigenvalue weighted by Crippen LogP contribution is -2.28. The van der Waals surface area contributed by atoms with Gasteiger partial charge in [0.2, 0.25) is 0 Å². The van der Waals surface area contributed by atoms with Crippen LogP contribution in [0.2, 0.25) is 5.02 Å². The van der Waals surface area contributed by atoms with E-state index in [9.17, 15) is 18.0 Å². The second-order valence-electron chi connectivity index (χ2n) is 2.55. The SMILES string of the molecule is O=c1c(Br)cc(Cl)cn1CC(F)(F)F. The molecule has 0 atom stereocenters. The predicted molar refractivity (Wildman–Crippen MR) is 49.5 cm³/mol. The maximum absolute atomic E-state index is 12.0. The van der Waals surface area contributed by atoms with Gasteiger partial charge in [-0.2, -0.15) is 13.2 Å². The monoisotopic (exact) mass is 289 g/mol. The van der Waals surface area contributed by atoms with E-state index in [4.69, 9.17) is 11.6 Å². The Morgan fingerprint density at radius 3 is 2.57 bits per heavy atom. The van der Waals surface area contributed by atoms with Crippen molar-refractivity contribution in [2.45, 2.75) is 12.7 Å². The van der Waals surface area contributed by atoms with Crippen LogP contribution in [-0.4, -0.2) is 10.7 Å². The van der Waals surface area contributed by atoms with Crippen LogP contribution in [0.1, 0.15) is 0 Å².